The Morgan fingerprint density at radius 3 is 1.26 bits per heavy atom. The first-order valence-corrected chi connectivity index (χ1v) is 11.8. The van der Waals surface area contributed by atoms with Crippen molar-refractivity contribution in [2.24, 2.45) is 0 Å². The topological polar surface area (TPSA) is 18.5 Å². The molecule has 0 aliphatic carbocycles. The zero-order valence-electron chi connectivity index (χ0n) is 14.7. The third kappa shape index (κ3) is 5.61. The predicted octanol–water partition coefficient (Wildman–Crippen LogP) is 8.17. The van der Waals surface area contributed by atoms with E-state index in [1.165, 1.54) is 0 Å². The minimum atomic E-state index is -0.442. The van der Waals surface area contributed by atoms with Gasteiger partial charge in [-0.15, -0.1) is 0 Å². The maximum absolute atomic E-state index is 6.41. The van der Waals surface area contributed by atoms with Gasteiger partial charge >= 0.3 is 0 Å². The van der Waals surface area contributed by atoms with E-state index >= 15 is 0 Å². The molecule has 0 spiro atoms. The number of ether oxygens (including phenoxy) is 2. The van der Waals surface area contributed by atoms with Gasteiger partial charge in [-0.2, -0.15) is 0 Å². The number of halogens is 6. The Morgan fingerprint density at radius 2 is 1.00 bits per heavy atom. The van der Waals surface area contributed by atoms with Crippen LogP contribution in [0.1, 0.15) is 25.0 Å². The van der Waals surface area contributed by atoms with Crippen LogP contribution in [0.5, 0.6) is 11.5 Å². The molecule has 2 nitrogen and oxygen atoms in total. The molecule has 0 saturated heterocycles. The quantitative estimate of drug-likeness (QED) is 0.294. The van der Waals surface area contributed by atoms with Crippen molar-refractivity contribution in [3.8, 4) is 11.5 Å². The highest BCUT2D eigenvalue weighted by Gasteiger charge is 2.27. The number of hydrogen-bond donors (Lipinski definition) is 0. The highest BCUT2D eigenvalue weighted by molar-refractivity contribution is 9.09. The van der Waals surface area contributed by atoms with E-state index in [-0.39, 0.29) is 0 Å². The fourth-order valence-corrected chi connectivity index (χ4v) is 4.08. The van der Waals surface area contributed by atoms with Gasteiger partial charge in [0.2, 0.25) is 0 Å². The minimum absolute atomic E-state index is 0.442. The lowest BCUT2D eigenvalue weighted by atomic mass is 9.78. The van der Waals surface area contributed by atoms with E-state index in [4.69, 9.17) is 55.9 Å². The lowest BCUT2D eigenvalue weighted by Gasteiger charge is -2.28. The van der Waals surface area contributed by atoms with Gasteiger partial charge in [-0.05, 0) is 35.4 Å². The zero-order valence-corrected chi connectivity index (χ0v) is 20.9. The van der Waals surface area contributed by atoms with Crippen molar-refractivity contribution in [2.75, 3.05) is 23.9 Å². The molecule has 0 saturated carbocycles. The van der Waals surface area contributed by atoms with Crippen molar-refractivity contribution in [3.63, 3.8) is 0 Å². The van der Waals surface area contributed by atoms with Crippen LogP contribution in [0.15, 0.2) is 24.3 Å². The Labute approximate surface area is 196 Å². The molecular weight excluding hydrogens is 562 g/mol. The summed E-state index contributed by atoms with van der Waals surface area (Å²) in [4.78, 5) is 0. The molecule has 0 N–H and O–H groups in total. The van der Waals surface area contributed by atoms with Gasteiger partial charge in [0.25, 0.3) is 0 Å². The van der Waals surface area contributed by atoms with Crippen LogP contribution in [-0.4, -0.2) is 23.9 Å². The Morgan fingerprint density at radius 1 is 0.704 bits per heavy atom. The minimum Gasteiger partial charge on any atom is -0.490 e. The van der Waals surface area contributed by atoms with Gasteiger partial charge < -0.3 is 9.47 Å². The number of hydrogen-bond acceptors (Lipinski definition) is 2. The number of alkyl halides is 2. The second kappa shape index (κ2) is 10.3. The van der Waals surface area contributed by atoms with Crippen molar-refractivity contribution < 1.29 is 9.47 Å². The van der Waals surface area contributed by atoms with Crippen LogP contribution in [0.3, 0.4) is 0 Å². The molecule has 0 unspecified atom stereocenters. The Hall–Kier alpha value is 0.160. The Balaban J connectivity index is 2.43. The van der Waals surface area contributed by atoms with E-state index in [9.17, 15) is 0 Å². The normalized spacial score (nSPS) is 11.6. The average molecular weight is 580 g/mol. The Kier molecular flexibility index (Phi) is 8.91. The summed E-state index contributed by atoms with van der Waals surface area (Å²) in [6.07, 6.45) is 0. The summed E-state index contributed by atoms with van der Waals surface area (Å²) in [5.74, 6) is 0.957. The van der Waals surface area contributed by atoms with Crippen LogP contribution in [-0.2, 0) is 5.41 Å². The van der Waals surface area contributed by atoms with Crippen molar-refractivity contribution in [1.82, 2.24) is 0 Å². The van der Waals surface area contributed by atoms with Crippen LogP contribution in [0.2, 0.25) is 20.1 Å². The summed E-state index contributed by atoms with van der Waals surface area (Å²) in [7, 11) is 0. The summed E-state index contributed by atoms with van der Waals surface area (Å²) < 4.78 is 11.2. The van der Waals surface area contributed by atoms with Gasteiger partial charge in [0.15, 0.2) is 11.5 Å². The maximum Gasteiger partial charge on any atom is 0.156 e. The fourth-order valence-electron chi connectivity index (χ4n) is 2.57. The third-order valence-corrected chi connectivity index (χ3v) is 5.86. The molecule has 2 aromatic rings. The van der Waals surface area contributed by atoms with Crippen LogP contribution in [0.4, 0.5) is 0 Å². The lowest BCUT2D eigenvalue weighted by Crippen LogP contribution is -2.19. The van der Waals surface area contributed by atoms with E-state index in [1.807, 2.05) is 24.3 Å². The summed E-state index contributed by atoms with van der Waals surface area (Å²) in [6.45, 7) is 5.05. The van der Waals surface area contributed by atoms with Crippen LogP contribution in [0, 0.1) is 0 Å². The molecular formula is C19H18Br2Cl4O2. The molecule has 2 aromatic carbocycles. The van der Waals surface area contributed by atoms with Crippen LogP contribution in [0.25, 0.3) is 0 Å². The molecule has 0 radical (unpaired) electrons. The van der Waals surface area contributed by atoms with Crippen molar-refractivity contribution >= 4 is 78.3 Å². The lowest BCUT2D eigenvalue weighted by molar-refractivity contribution is 0.345. The fraction of sp³-hybridized carbons (Fsp3) is 0.368. The first-order chi connectivity index (χ1) is 12.7. The largest absolute Gasteiger partial charge is 0.490 e. The van der Waals surface area contributed by atoms with Gasteiger partial charge in [0, 0.05) is 16.1 Å². The standard InChI is InChI=1S/C19H18Br2Cl4O2/c1-19(2,11-7-13(22)17(14(23)8-11)26-5-3-20)12-9-15(24)18(16(25)10-12)27-6-4-21/h7-10H,3-6H2,1-2H3. The van der Waals surface area contributed by atoms with Gasteiger partial charge in [-0.1, -0.05) is 92.1 Å². The first-order valence-electron chi connectivity index (χ1n) is 8.09. The van der Waals surface area contributed by atoms with Gasteiger partial charge in [0.1, 0.15) is 0 Å². The van der Waals surface area contributed by atoms with Crippen molar-refractivity contribution in [3.05, 3.63) is 55.5 Å². The monoisotopic (exact) mass is 576 g/mol. The van der Waals surface area contributed by atoms with E-state index < -0.39 is 5.41 Å². The smallest absolute Gasteiger partial charge is 0.156 e. The third-order valence-electron chi connectivity index (χ3n) is 4.09. The molecule has 0 atom stereocenters. The van der Waals surface area contributed by atoms with Gasteiger partial charge in [-0.25, -0.2) is 0 Å². The zero-order chi connectivity index (χ0) is 20.2. The molecule has 0 fully saturated rings. The molecule has 0 aliphatic rings. The maximum atomic E-state index is 6.41. The number of benzene rings is 2. The van der Waals surface area contributed by atoms with Gasteiger partial charge in [0.05, 0.1) is 33.3 Å². The van der Waals surface area contributed by atoms with Crippen molar-refractivity contribution in [1.29, 1.82) is 0 Å². The summed E-state index contributed by atoms with van der Waals surface area (Å²) >= 11 is 32.3. The van der Waals surface area contributed by atoms with E-state index in [0.29, 0.717) is 55.5 Å². The highest BCUT2D eigenvalue weighted by Crippen LogP contribution is 2.43. The van der Waals surface area contributed by atoms with Gasteiger partial charge in [-0.3, -0.25) is 0 Å². The number of rotatable bonds is 8. The molecule has 8 heteroatoms. The molecule has 0 amide bonds. The van der Waals surface area contributed by atoms with E-state index in [1.54, 1.807) is 0 Å². The summed E-state index contributed by atoms with van der Waals surface area (Å²) in [5, 5.41) is 3.21. The molecule has 148 valence electrons. The molecule has 0 heterocycles. The molecule has 0 aliphatic heterocycles. The molecule has 2 rings (SSSR count). The highest BCUT2D eigenvalue weighted by atomic mass is 79.9. The molecule has 0 bridgehead atoms. The van der Waals surface area contributed by atoms with Crippen LogP contribution >= 0.6 is 78.3 Å². The van der Waals surface area contributed by atoms with Crippen molar-refractivity contribution in [2.45, 2.75) is 19.3 Å². The molecule has 27 heavy (non-hydrogen) atoms. The summed E-state index contributed by atoms with van der Waals surface area (Å²) in [6, 6.07) is 7.42. The predicted molar refractivity (Wildman–Crippen MR) is 124 cm³/mol. The van der Waals surface area contributed by atoms with Crippen LogP contribution < -0.4 is 9.47 Å². The summed E-state index contributed by atoms with van der Waals surface area (Å²) in [5.41, 5.74) is 1.40. The average Bonchev–Trinajstić information content (AvgIpc) is 2.60. The first kappa shape index (κ1) is 23.4. The van der Waals surface area contributed by atoms with E-state index in [0.717, 1.165) is 11.1 Å². The molecule has 0 aromatic heterocycles. The second-order valence-corrected chi connectivity index (χ2v) is 9.45. The Bertz CT molecular complexity index is 701. The SMILES string of the molecule is CC(C)(c1cc(Cl)c(OCCBr)c(Cl)c1)c1cc(Cl)c(OCCBr)c(Cl)c1. The van der Waals surface area contributed by atoms with E-state index in [2.05, 4.69) is 45.7 Å². The second-order valence-electron chi connectivity index (χ2n) is 6.24.